The molecule has 0 rings (SSSR count). The van der Waals surface area contributed by atoms with Crippen LogP contribution in [0, 0.1) is 0 Å². The van der Waals surface area contributed by atoms with Crippen molar-refractivity contribution >= 4 is 5.78 Å². The summed E-state index contributed by atoms with van der Waals surface area (Å²) in [7, 11) is 0. The maximum atomic E-state index is 11.1. The molecule has 28 heavy (non-hydrogen) atoms. The molecule has 0 fully saturated rings. The van der Waals surface area contributed by atoms with Crippen LogP contribution in [0.15, 0.2) is 12.2 Å². The summed E-state index contributed by atoms with van der Waals surface area (Å²) in [4.78, 5) is 10.9. The van der Waals surface area contributed by atoms with Crippen LogP contribution in [0.1, 0.15) is 78.7 Å². The highest BCUT2D eigenvalue weighted by Crippen LogP contribution is 2.22. The Bertz CT molecular complexity index is 295. The number of Topliss-reactive ketones (excluding diaryl/α,β-unsaturated/α-hetero) is 1. The molecule has 0 heterocycles. The lowest BCUT2D eigenvalue weighted by molar-refractivity contribution is -0.183. The first-order valence-corrected chi connectivity index (χ1v) is 6.60. The Morgan fingerprint density at radius 1 is 1.00 bits per heavy atom. The lowest BCUT2D eigenvalue weighted by Crippen LogP contribution is -2.25. The van der Waals surface area contributed by atoms with Gasteiger partial charge in [-0.1, -0.05) is 58.1 Å². The van der Waals surface area contributed by atoms with Crippen LogP contribution in [-0.2, 0) is 9.53 Å². The molecule has 0 aliphatic heterocycles. The van der Waals surface area contributed by atoms with E-state index in [-0.39, 0.29) is 69.7 Å². The molecule has 0 radical (unpaired) electrons. The van der Waals surface area contributed by atoms with Gasteiger partial charge in [0.15, 0.2) is 5.78 Å². The molecular weight excluding hydrogens is 386 g/mol. The third-order valence-corrected chi connectivity index (χ3v) is 2.04. The number of hydrogen-bond donors (Lipinski definition) is 0. The van der Waals surface area contributed by atoms with Gasteiger partial charge in [-0.05, 0) is 32.8 Å². The Morgan fingerprint density at radius 3 is 1.46 bits per heavy atom. The summed E-state index contributed by atoms with van der Waals surface area (Å²) in [5.74, 6) is -0.00898. The van der Waals surface area contributed by atoms with Crippen molar-refractivity contribution in [3.05, 3.63) is 12.2 Å². The van der Waals surface area contributed by atoms with Crippen LogP contribution in [0.4, 0.5) is 26.3 Å². The van der Waals surface area contributed by atoms with Gasteiger partial charge in [-0.3, -0.25) is 9.18 Å². The second kappa shape index (κ2) is 33.5. The fourth-order valence-corrected chi connectivity index (χ4v) is 0.546. The number of rotatable bonds is 6. The van der Waals surface area contributed by atoms with Gasteiger partial charge in [0.25, 0.3) is 0 Å². The second-order valence-corrected chi connectivity index (χ2v) is 4.16. The van der Waals surface area contributed by atoms with E-state index in [1.54, 1.807) is 6.92 Å². The van der Waals surface area contributed by atoms with Gasteiger partial charge in [-0.25, -0.2) is 8.78 Å². The van der Waals surface area contributed by atoms with Crippen molar-refractivity contribution in [1.82, 2.24) is 0 Å². The number of carbonyl (C=O) groups excluding carboxylic acids is 1. The first-order chi connectivity index (χ1) is 9.97. The molecule has 8 heteroatoms. The zero-order chi connectivity index (χ0) is 18.3. The standard InChI is InChI=1S/C9H16O2.C3H3F5.C2H5F.6CH4/c1-5-8(4)11-6-9(10)7(2)3;4-1-2(5)3(6,7)8;1-2-3;;;;;;/h8H,2,5-6H2,1,3-4H3;2H,1H2;2H2,1H3;6*1H4. The van der Waals surface area contributed by atoms with Crippen LogP contribution in [-0.4, -0.2) is 44.2 Å². The molecule has 0 aromatic carbocycles. The number of ether oxygens (including phenoxy) is 1. The quantitative estimate of drug-likeness (QED) is 0.309. The Hall–Kier alpha value is -1.05. The van der Waals surface area contributed by atoms with E-state index in [0.29, 0.717) is 5.57 Å². The average molecular weight is 435 g/mol. The number of alkyl halides is 6. The summed E-state index contributed by atoms with van der Waals surface area (Å²) in [6.07, 6.45) is -7.25. The van der Waals surface area contributed by atoms with Crippen molar-refractivity contribution in [2.75, 3.05) is 20.0 Å². The Balaban J connectivity index is -0.0000000276. The zero-order valence-electron chi connectivity index (χ0n) is 13.3. The fourth-order valence-electron chi connectivity index (χ4n) is 0.546. The molecular formula is C20H48F6O2. The molecule has 0 aliphatic rings. The Kier molecular flexibility index (Phi) is 67.4. The lowest BCUT2D eigenvalue weighted by atomic mass is 10.2. The fraction of sp³-hybridized carbons (Fsp3) is 0.850. The minimum absolute atomic E-state index is 0. The van der Waals surface area contributed by atoms with Gasteiger partial charge in [0.2, 0.25) is 6.17 Å². The molecule has 0 bridgehead atoms. The molecule has 0 saturated heterocycles. The van der Waals surface area contributed by atoms with E-state index >= 15 is 0 Å². The van der Waals surface area contributed by atoms with E-state index in [9.17, 15) is 31.1 Å². The summed E-state index contributed by atoms with van der Waals surface area (Å²) in [5.41, 5.74) is 0.563. The van der Waals surface area contributed by atoms with Crippen molar-refractivity contribution in [3.63, 3.8) is 0 Å². The van der Waals surface area contributed by atoms with E-state index in [1.807, 2.05) is 13.8 Å². The molecule has 2 atom stereocenters. The summed E-state index contributed by atoms with van der Waals surface area (Å²) >= 11 is 0. The summed E-state index contributed by atoms with van der Waals surface area (Å²) in [6.45, 7) is 8.58. The van der Waals surface area contributed by atoms with Gasteiger partial charge in [0.1, 0.15) is 13.3 Å². The van der Waals surface area contributed by atoms with Gasteiger partial charge in [-0.2, -0.15) is 13.2 Å². The highest BCUT2D eigenvalue weighted by Gasteiger charge is 2.39. The SMILES string of the molecule is C.C.C.C.C.C.C=C(C)C(=O)COC(C)CC.CCF.FCC(F)C(F)(F)F. The van der Waals surface area contributed by atoms with Crippen LogP contribution in [0.2, 0.25) is 0 Å². The van der Waals surface area contributed by atoms with Crippen LogP contribution in [0.5, 0.6) is 0 Å². The first-order valence-electron chi connectivity index (χ1n) is 6.60. The van der Waals surface area contributed by atoms with Gasteiger partial charge in [0, 0.05) is 0 Å². The molecule has 0 aromatic rings. The summed E-state index contributed by atoms with van der Waals surface area (Å²) in [6, 6.07) is 0. The van der Waals surface area contributed by atoms with Gasteiger partial charge < -0.3 is 4.74 Å². The van der Waals surface area contributed by atoms with Crippen molar-refractivity contribution in [2.45, 2.75) is 97.1 Å². The Labute approximate surface area is 171 Å². The number of ketones is 1. The van der Waals surface area contributed by atoms with Crippen molar-refractivity contribution < 1.29 is 35.9 Å². The van der Waals surface area contributed by atoms with Crippen LogP contribution in [0.3, 0.4) is 0 Å². The van der Waals surface area contributed by atoms with Gasteiger partial charge >= 0.3 is 6.18 Å². The predicted molar refractivity (Wildman–Crippen MR) is 114 cm³/mol. The lowest BCUT2D eigenvalue weighted by Gasteiger charge is -2.08. The largest absolute Gasteiger partial charge is 0.422 e. The maximum Gasteiger partial charge on any atom is 0.422 e. The molecule has 182 valence electrons. The van der Waals surface area contributed by atoms with Crippen LogP contribution in [0.25, 0.3) is 0 Å². The highest BCUT2D eigenvalue weighted by atomic mass is 19.4. The number of hydrogen-bond acceptors (Lipinski definition) is 2. The number of carbonyl (C=O) groups is 1. The molecule has 2 nitrogen and oxygen atoms in total. The minimum Gasteiger partial charge on any atom is -0.370 e. The van der Waals surface area contributed by atoms with Crippen molar-refractivity contribution in [2.24, 2.45) is 0 Å². The molecule has 2 unspecified atom stereocenters. The van der Waals surface area contributed by atoms with Crippen molar-refractivity contribution in [3.8, 4) is 0 Å². The van der Waals surface area contributed by atoms with Gasteiger partial charge in [-0.15, -0.1) is 0 Å². The normalized spacial score (nSPS) is 10.2. The summed E-state index contributed by atoms with van der Waals surface area (Å²) < 4.78 is 69.9. The first kappa shape index (κ1) is 56.3. The predicted octanol–water partition coefficient (Wildman–Crippen LogP) is 8.60. The van der Waals surface area contributed by atoms with E-state index < -0.39 is 19.0 Å². The smallest absolute Gasteiger partial charge is 0.370 e. The third kappa shape index (κ3) is 44.4. The monoisotopic (exact) mass is 434 g/mol. The molecule has 0 aliphatic carbocycles. The molecule has 0 saturated carbocycles. The van der Waals surface area contributed by atoms with Crippen LogP contribution >= 0.6 is 0 Å². The Morgan fingerprint density at radius 2 is 1.32 bits per heavy atom. The topological polar surface area (TPSA) is 26.3 Å². The minimum atomic E-state index is -5.03. The average Bonchev–Trinajstić information content (AvgIpc) is 2.43. The van der Waals surface area contributed by atoms with E-state index in [2.05, 4.69) is 6.58 Å². The third-order valence-electron chi connectivity index (χ3n) is 2.04. The van der Waals surface area contributed by atoms with Crippen LogP contribution < -0.4 is 0 Å². The molecule has 0 spiro atoms. The molecule has 0 amide bonds. The van der Waals surface area contributed by atoms with Gasteiger partial charge in [0.05, 0.1) is 12.8 Å². The molecule has 0 aromatic heterocycles. The van der Waals surface area contributed by atoms with E-state index in [4.69, 9.17) is 4.74 Å². The number of halogens is 6. The van der Waals surface area contributed by atoms with E-state index in [0.717, 1.165) is 6.42 Å². The maximum absolute atomic E-state index is 11.1. The molecule has 0 N–H and O–H groups in total. The zero-order valence-corrected chi connectivity index (χ0v) is 13.3. The highest BCUT2D eigenvalue weighted by molar-refractivity contribution is 5.95. The van der Waals surface area contributed by atoms with Crippen molar-refractivity contribution in [1.29, 1.82) is 0 Å². The summed E-state index contributed by atoms with van der Waals surface area (Å²) in [5, 5.41) is 0. The van der Waals surface area contributed by atoms with E-state index in [1.165, 1.54) is 6.92 Å². The second-order valence-electron chi connectivity index (χ2n) is 4.16.